The van der Waals surface area contributed by atoms with Crippen LogP contribution in [0.4, 0.5) is 5.69 Å². The number of fused-ring (bicyclic) bond motifs is 1. The SMILES string of the molecule is CN1CCc2ccc(NC(=O)c3cccc(CNC(=O)c4ccc(Oc5ccccc5S(C)(=O)=O)nc4)c3)cc2C1. The van der Waals surface area contributed by atoms with Crippen molar-refractivity contribution in [2.24, 2.45) is 0 Å². The number of nitrogens with one attached hydrogen (secondary N) is 2. The van der Waals surface area contributed by atoms with Crippen LogP contribution in [0.3, 0.4) is 0 Å². The molecular formula is C31H30N4O5S. The molecule has 1 aliphatic rings. The number of hydrogen-bond acceptors (Lipinski definition) is 7. The number of pyridine rings is 1. The molecule has 0 saturated carbocycles. The van der Waals surface area contributed by atoms with Gasteiger partial charge >= 0.3 is 0 Å². The van der Waals surface area contributed by atoms with Gasteiger partial charge in [0.05, 0.1) is 5.56 Å². The lowest BCUT2D eigenvalue weighted by Crippen LogP contribution is -2.26. The van der Waals surface area contributed by atoms with Gasteiger partial charge in [-0.25, -0.2) is 13.4 Å². The Morgan fingerprint density at radius 1 is 0.927 bits per heavy atom. The maximum atomic E-state index is 12.9. The van der Waals surface area contributed by atoms with E-state index in [0.29, 0.717) is 11.1 Å². The van der Waals surface area contributed by atoms with E-state index in [1.165, 1.54) is 29.5 Å². The second-order valence-electron chi connectivity index (χ2n) is 10.0. The van der Waals surface area contributed by atoms with Gasteiger partial charge in [-0.15, -0.1) is 0 Å². The van der Waals surface area contributed by atoms with Crippen LogP contribution in [0.15, 0.2) is 90.0 Å². The van der Waals surface area contributed by atoms with Crippen LogP contribution in [0.5, 0.6) is 11.6 Å². The number of nitrogens with zero attached hydrogens (tertiary/aromatic N) is 2. The summed E-state index contributed by atoms with van der Waals surface area (Å²) in [7, 11) is -1.40. The zero-order chi connectivity index (χ0) is 29.0. The zero-order valence-electron chi connectivity index (χ0n) is 22.8. The molecule has 1 aliphatic heterocycles. The zero-order valence-corrected chi connectivity index (χ0v) is 23.6. The van der Waals surface area contributed by atoms with Gasteiger partial charge in [0.1, 0.15) is 10.6 Å². The molecule has 0 atom stereocenters. The third-order valence-electron chi connectivity index (χ3n) is 6.77. The fourth-order valence-corrected chi connectivity index (χ4v) is 5.42. The molecule has 210 valence electrons. The maximum Gasteiger partial charge on any atom is 0.255 e. The Labute approximate surface area is 239 Å². The first-order valence-corrected chi connectivity index (χ1v) is 15.0. The number of aromatic nitrogens is 1. The summed E-state index contributed by atoms with van der Waals surface area (Å²) in [6.07, 6.45) is 3.46. The molecule has 2 N–H and O–H groups in total. The van der Waals surface area contributed by atoms with Crippen molar-refractivity contribution in [1.82, 2.24) is 15.2 Å². The largest absolute Gasteiger partial charge is 0.438 e. The van der Waals surface area contributed by atoms with Crippen LogP contribution < -0.4 is 15.4 Å². The number of anilines is 1. The predicted molar refractivity (Wildman–Crippen MR) is 156 cm³/mol. The Bertz CT molecular complexity index is 1700. The van der Waals surface area contributed by atoms with E-state index in [-0.39, 0.29) is 34.9 Å². The molecule has 3 aromatic carbocycles. The van der Waals surface area contributed by atoms with Crippen molar-refractivity contribution in [3.63, 3.8) is 0 Å². The number of ether oxygens (including phenoxy) is 1. The summed E-state index contributed by atoms with van der Waals surface area (Å²) >= 11 is 0. The first kappa shape index (κ1) is 28.0. The Balaban J connectivity index is 1.18. The van der Waals surface area contributed by atoms with Gasteiger partial charge in [-0.05, 0) is 72.6 Å². The fraction of sp³-hybridized carbons (Fsp3) is 0.194. The molecule has 0 aliphatic carbocycles. The van der Waals surface area contributed by atoms with E-state index >= 15 is 0 Å². The van der Waals surface area contributed by atoms with E-state index in [1.54, 1.807) is 42.5 Å². The van der Waals surface area contributed by atoms with Crippen molar-refractivity contribution < 1.29 is 22.7 Å². The minimum absolute atomic E-state index is 0.0510. The molecule has 0 fully saturated rings. The Morgan fingerprint density at radius 2 is 1.76 bits per heavy atom. The molecule has 2 amide bonds. The van der Waals surface area contributed by atoms with E-state index in [1.807, 2.05) is 18.2 Å². The summed E-state index contributed by atoms with van der Waals surface area (Å²) in [4.78, 5) is 32.1. The van der Waals surface area contributed by atoms with Crippen LogP contribution in [0, 0.1) is 0 Å². The molecule has 0 unspecified atom stereocenters. The minimum atomic E-state index is -3.48. The highest BCUT2D eigenvalue weighted by Crippen LogP contribution is 2.27. The standard InChI is InChI=1S/C31H30N4O5S/c1-35-15-14-22-10-12-26(17-25(22)20-35)34-31(37)23-7-5-6-21(16-23)18-33-30(36)24-11-13-29(32-19-24)40-27-8-3-4-9-28(27)41(2,38)39/h3-13,16-17,19H,14-15,18,20H2,1-2H3,(H,33,36)(H,34,37). The highest BCUT2D eigenvalue weighted by Gasteiger charge is 2.16. The third-order valence-corrected chi connectivity index (χ3v) is 7.91. The number of likely N-dealkylation sites (N-methyl/N-ethyl adjacent to an activating group) is 1. The molecular weight excluding hydrogens is 540 g/mol. The molecule has 0 bridgehead atoms. The third kappa shape index (κ3) is 6.97. The second-order valence-corrected chi connectivity index (χ2v) is 12.0. The Hall–Kier alpha value is -4.54. The van der Waals surface area contributed by atoms with Crippen molar-refractivity contribution in [2.75, 3.05) is 25.2 Å². The van der Waals surface area contributed by atoms with Crippen LogP contribution in [0.25, 0.3) is 0 Å². The van der Waals surface area contributed by atoms with Crippen LogP contribution in [-0.2, 0) is 29.3 Å². The predicted octanol–water partition coefficient (Wildman–Crippen LogP) is 4.45. The summed E-state index contributed by atoms with van der Waals surface area (Å²) in [5, 5.41) is 5.81. The number of benzene rings is 3. The van der Waals surface area contributed by atoms with E-state index in [4.69, 9.17) is 4.74 Å². The smallest absolute Gasteiger partial charge is 0.255 e. The van der Waals surface area contributed by atoms with Gasteiger partial charge in [0, 0.05) is 49.4 Å². The monoisotopic (exact) mass is 570 g/mol. The number of sulfone groups is 1. The number of para-hydroxylation sites is 1. The summed E-state index contributed by atoms with van der Waals surface area (Å²) in [6.45, 7) is 2.10. The van der Waals surface area contributed by atoms with Crippen LogP contribution in [0.2, 0.25) is 0 Å². The van der Waals surface area contributed by atoms with Gasteiger partial charge in [-0.3, -0.25) is 9.59 Å². The Morgan fingerprint density at radius 3 is 2.54 bits per heavy atom. The number of carbonyl (C=O) groups is 2. The summed E-state index contributed by atoms with van der Waals surface area (Å²) in [6, 6.07) is 22.4. The van der Waals surface area contributed by atoms with Crippen molar-refractivity contribution >= 4 is 27.3 Å². The van der Waals surface area contributed by atoms with E-state index in [2.05, 4.69) is 33.6 Å². The molecule has 4 aromatic rings. The van der Waals surface area contributed by atoms with Crippen LogP contribution >= 0.6 is 0 Å². The summed E-state index contributed by atoms with van der Waals surface area (Å²) < 4.78 is 29.6. The van der Waals surface area contributed by atoms with Crippen molar-refractivity contribution in [3.05, 3.63) is 113 Å². The molecule has 9 nitrogen and oxygen atoms in total. The number of hydrogen-bond donors (Lipinski definition) is 2. The van der Waals surface area contributed by atoms with Gasteiger partial charge in [0.2, 0.25) is 5.88 Å². The molecule has 10 heteroatoms. The molecule has 1 aromatic heterocycles. The van der Waals surface area contributed by atoms with Gasteiger partial charge in [-0.2, -0.15) is 0 Å². The van der Waals surface area contributed by atoms with Crippen LogP contribution in [-0.4, -0.2) is 50.0 Å². The lowest BCUT2D eigenvalue weighted by atomic mass is 9.99. The molecule has 2 heterocycles. The Kier molecular flexibility index (Phi) is 8.14. The number of carbonyl (C=O) groups excluding carboxylic acids is 2. The van der Waals surface area contributed by atoms with Crippen molar-refractivity contribution in [2.45, 2.75) is 24.4 Å². The van der Waals surface area contributed by atoms with Gasteiger partial charge in [0.25, 0.3) is 11.8 Å². The highest BCUT2D eigenvalue weighted by molar-refractivity contribution is 7.90. The van der Waals surface area contributed by atoms with Gasteiger partial charge in [0.15, 0.2) is 9.84 Å². The fourth-order valence-electron chi connectivity index (χ4n) is 4.61. The number of amides is 2. The first-order valence-electron chi connectivity index (χ1n) is 13.1. The molecule has 5 rings (SSSR count). The maximum absolute atomic E-state index is 12.9. The lowest BCUT2D eigenvalue weighted by Gasteiger charge is -2.25. The molecule has 0 radical (unpaired) electrons. The second kappa shape index (κ2) is 11.9. The summed E-state index contributed by atoms with van der Waals surface area (Å²) in [5.41, 5.74) is 4.85. The molecule has 0 saturated heterocycles. The normalized spacial score (nSPS) is 13.2. The van der Waals surface area contributed by atoms with E-state index in [0.717, 1.165) is 37.0 Å². The molecule has 41 heavy (non-hydrogen) atoms. The minimum Gasteiger partial charge on any atom is -0.438 e. The first-order chi connectivity index (χ1) is 19.7. The summed E-state index contributed by atoms with van der Waals surface area (Å²) in [5.74, 6) is -0.265. The van der Waals surface area contributed by atoms with E-state index in [9.17, 15) is 18.0 Å². The van der Waals surface area contributed by atoms with Gasteiger partial charge in [-0.1, -0.05) is 30.3 Å². The van der Waals surface area contributed by atoms with Crippen LogP contribution in [0.1, 0.15) is 37.4 Å². The average Bonchev–Trinajstić information content (AvgIpc) is 2.96. The van der Waals surface area contributed by atoms with Crippen molar-refractivity contribution in [3.8, 4) is 11.6 Å². The average molecular weight is 571 g/mol. The number of rotatable bonds is 8. The van der Waals surface area contributed by atoms with E-state index < -0.39 is 9.84 Å². The molecule has 0 spiro atoms. The van der Waals surface area contributed by atoms with Gasteiger partial charge < -0.3 is 20.3 Å². The van der Waals surface area contributed by atoms with Crippen molar-refractivity contribution in [1.29, 1.82) is 0 Å². The highest BCUT2D eigenvalue weighted by atomic mass is 32.2. The quantitative estimate of drug-likeness (QED) is 0.321. The lowest BCUT2D eigenvalue weighted by molar-refractivity contribution is 0.0950. The topological polar surface area (TPSA) is 118 Å².